The number of carbonyl (C=O) groups is 2. The van der Waals surface area contributed by atoms with Crippen molar-refractivity contribution in [3.8, 4) is 0 Å². The highest BCUT2D eigenvalue weighted by Gasteiger charge is 2.41. The van der Waals surface area contributed by atoms with Gasteiger partial charge in [-0.3, -0.25) is 14.5 Å². The summed E-state index contributed by atoms with van der Waals surface area (Å²) in [4.78, 5) is 28.9. The molecule has 1 saturated heterocycles. The molecule has 2 aliphatic rings. The van der Waals surface area contributed by atoms with Gasteiger partial charge in [0.25, 0.3) is 11.8 Å². The molecule has 0 spiro atoms. The monoisotopic (exact) mass is 330 g/mol. The van der Waals surface area contributed by atoms with Gasteiger partial charge in [-0.25, -0.2) is 0 Å². The highest BCUT2D eigenvalue weighted by Crippen LogP contribution is 2.44. The van der Waals surface area contributed by atoms with Gasteiger partial charge in [-0.1, -0.05) is 48.3 Å². The number of anilines is 1. The number of likely N-dealkylation sites (N-methyl/N-ethyl adjacent to an activating group) is 1. The minimum absolute atomic E-state index is 0.169. The van der Waals surface area contributed by atoms with Crippen molar-refractivity contribution in [1.82, 2.24) is 4.90 Å². The Bertz CT molecular complexity index is 739. The van der Waals surface area contributed by atoms with Crippen molar-refractivity contribution in [2.75, 3.05) is 18.0 Å². The van der Waals surface area contributed by atoms with E-state index in [0.29, 0.717) is 27.9 Å². The lowest BCUT2D eigenvalue weighted by Gasteiger charge is -2.14. The summed E-state index contributed by atoms with van der Waals surface area (Å²) in [5.41, 5.74) is 2.04. The number of hydrogen-bond acceptors (Lipinski definition) is 4. The van der Waals surface area contributed by atoms with Crippen LogP contribution in [0.1, 0.15) is 12.5 Å². The van der Waals surface area contributed by atoms with Crippen LogP contribution < -0.4 is 4.90 Å². The number of amides is 2. The maximum absolute atomic E-state index is 12.8. The molecule has 2 aliphatic heterocycles. The van der Waals surface area contributed by atoms with Crippen LogP contribution in [-0.2, 0) is 9.59 Å². The molecule has 0 unspecified atom stereocenters. The minimum Gasteiger partial charge on any atom is -0.304 e. The molecule has 4 nitrogen and oxygen atoms in total. The van der Waals surface area contributed by atoms with Crippen LogP contribution in [0, 0.1) is 0 Å². The first-order valence-electron chi connectivity index (χ1n) is 6.90. The Kier molecular flexibility index (Phi) is 3.88. The van der Waals surface area contributed by atoms with E-state index in [-0.39, 0.29) is 11.8 Å². The zero-order chi connectivity index (χ0) is 15.9. The molecular weight excluding hydrogens is 316 g/mol. The smallest absolute Gasteiger partial charge is 0.266 e. The fraction of sp³-hybridized carbons (Fsp3) is 0.188. The molecule has 112 valence electrons. The van der Waals surface area contributed by atoms with Crippen molar-refractivity contribution in [1.29, 1.82) is 0 Å². The van der Waals surface area contributed by atoms with Crippen molar-refractivity contribution in [3.63, 3.8) is 0 Å². The molecule has 2 heterocycles. The molecule has 0 N–H and O–H groups in total. The van der Waals surface area contributed by atoms with Crippen molar-refractivity contribution in [2.24, 2.45) is 0 Å². The van der Waals surface area contributed by atoms with Gasteiger partial charge in [-0.15, -0.1) is 6.58 Å². The first kappa shape index (κ1) is 15.0. The summed E-state index contributed by atoms with van der Waals surface area (Å²) in [5, 5.41) is 0. The Morgan fingerprint density at radius 2 is 1.95 bits per heavy atom. The van der Waals surface area contributed by atoms with Crippen LogP contribution in [0.15, 0.2) is 41.8 Å². The van der Waals surface area contributed by atoms with Gasteiger partial charge in [0, 0.05) is 18.7 Å². The molecule has 0 atom stereocenters. The van der Waals surface area contributed by atoms with Crippen LogP contribution in [0.2, 0.25) is 0 Å². The fourth-order valence-corrected chi connectivity index (χ4v) is 4.09. The third-order valence-electron chi connectivity index (χ3n) is 3.63. The van der Waals surface area contributed by atoms with Crippen LogP contribution >= 0.6 is 24.0 Å². The lowest BCUT2D eigenvalue weighted by atomic mass is 10.1. The number of thioether (sulfide) groups is 1. The summed E-state index contributed by atoms with van der Waals surface area (Å²) in [6, 6.07) is 7.49. The van der Waals surface area contributed by atoms with E-state index < -0.39 is 0 Å². The van der Waals surface area contributed by atoms with Gasteiger partial charge in [0.1, 0.15) is 4.32 Å². The SMILES string of the molecule is C=CCN1C(=O)/C(=C2\SC(=S)N(CC)C2=O)c2ccccc21. The number of thiocarbonyl (C=S) groups is 1. The molecule has 2 amide bonds. The van der Waals surface area contributed by atoms with Crippen LogP contribution in [-0.4, -0.2) is 34.1 Å². The average Bonchev–Trinajstić information content (AvgIpc) is 2.94. The number of fused-ring (bicyclic) bond motifs is 1. The molecule has 22 heavy (non-hydrogen) atoms. The quantitative estimate of drug-likeness (QED) is 0.485. The van der Waals surface area contributed by atoms with Crippen LogP contribution in [0.5, 0.6) is 0 Å². The van der Waals surface area contributed by atoms with Gasteiger partial charge in [0.05, 0.1) is 16.2 Å². The van der Waals surface area contributed by atoms with E-state index in [1.165, 1.54) is 16.7 Å². The first-order valence-corrected chi connectivity index (χ1v) is 8.12. The lowest BCUT2D eigenvalue weighted by Crippen LogP contribution is -2.29. The maximum atomic E-state index is 12.8. The third kappa shape index (κ3) is 2.10. The number of rotatable bonds is 3. The molecule has 3 rings (SSSR count). The van der Waals surface area contributed by atoms with Crippen molar-refractivity contribution in [3.05, 3.63) is 47.4 Å². The minimum atomic E-state index is -0.184. The highest BCUT2D eigenvalue weighted by atomic mass is 32.2. The Balaban J connectivity index is 2.18. The second kappa shape index (κ2) is 5.70. The van der Waals surface area contributed by atoms with E-state index in [1.807, 2.05) is 31.2 Å². The maximum Gasteiger partial charge on any atom is 0.266 e. The highest BCUT2D eigenvalue weighted by molar-refractivity contribution is 8.26. The number of benzene rings is 1. The summed E-state index contributed by atoms with van der Waals surface area (Å²) >= 11 is 6.45. The number of para-hydroxylation sites is 1. The number of carbonyl (C=O) groups excluding carboxylic acids is 2. The fourth-order valence-electron chi connectivity index (χ4n) is 2.63. The average molecular weight is 330 g/mol. The number of nitrogens with zero attached hydrogens (tertiary/aromatic N) is 2. The summed E-state index contributed by atoms with van der Waals surface area (Å²) in [6.07, 6.45) is 1.68. The summed E-state index contributed by atoms with van der Waals surface area (Å²) in [6.45, 7) is 6.48. The molecule has 1 aromatic rings. The molecule has 6 heteroatoms. The van der Waals surface area contributed by atoms with Crippen LogP contribution in [0.3, 0.4) is 0 Å². The second-order valence-corrected chi connectivity index (χ2v) is 6.49. The number of hydrogen-bond donors (Lipinski definition) is 0. The molecule has 0 bridgehead atoms. The first-order chi connectivity index (χ1) is 10.6. The van der Waals surface area contributed by atoms with Gasteiger partial charge in [-0.2, -0.15) is 0 Å². The van der Waals surface area contributed by atoms with Crippen LogP contribution in [0.4, 0.5) is 5.69 Å². The van der Waals surface area contributed by atoms with Gasteiger partial charge in [-0.05, 0) is 13.0 Å². The van der Waals surface area contributed by atoms with E-state index in [4.69, 9.17) is 12.2 Å². The summed E-state index contributed by atoms with van der Waals surface area (Å²) in [5.74, 6) is -0.353. The van der Waals surface area contributed by atoms with Gasteiger partial charge in [0.15, 0.2) is 0 Å². The van der Waals surface area contributed by atoms with E-state index in [2.05, 4.69) is 6.58 Å². The van der Waals surface area contributed by atoms with Crippen molar-refractivity contribution >= 4 is 51.4 Å². The van der Waals surface area contributed by atoms with E-state index in [9.17, 15) is 9.59 Å². The predicted molar refractivity (Wildman–Crippen MR) is 93.5 cm³/mol. The Labute approximate surface area is 138 Å². The van der Waals surface area contributed by atoms with Crippen molar-refractivity contribution < 1.29 is 9.59 Å². The third-order valence-corrected chi connectivity index (χ3v) is 5.08. The topological polar surface area (TPSA) is 40.6 Å². The van der Waals surface area contributed by atoms with E-state index in [1.54, 1.807) is 11.0 Å². The van der Waals surface area contributed by atoms with Gasteiger partial charge >= 0.3 is 0 Å². The molecular formula is C16H14N2O2S2. The largest absolute Gasteiger partial charge is 0.304 e. The molecule has 0 radical (unpaired) electrons. The van der Waals surface area contributed by atoms with E-state index >= 15 is 0 Å². The zero-order valence-corrected chi connectivity index (χ0v) is 13.7. The van der Waals surface area contributed by atoms with Crippen LogP contribution in [0.25, 0.3) is 5.57 Å². The molecule has 1 aromatic carbocycles. The van der Waals surface area contributed by atoms with Gasteiger partial charge < -0.3 is 4.90 Å². The molecule has 0 aliphatic carbocycles. The molecule has 1 fully saturated rings. The van der Waals surface area contributed by atoms with Crippen molar-refractivity contribution in [2.45, 2.75) is 6.92 Å². The lowest BCUT2D eigenvalue weighted by molar-refractivity contribution is -0.122. The normalized spacial score (nSPS) is 20.9. The molecule has 0 aromatic heterocycles. The molecule has 0 saturated carbocycles. The summed E-state index contributed by atoms with van der Waals surface area (Å²) < 4.78 is 0.502. The standard InChI is InChI=1S/C16H14N2O2S2/c1-3-9-18-11-8-6-5-7-10(11)12(14(18)19)13-15(20)17(4-2)16(21)22-13/h3,5-8H,1,4,9H2,2H3/b13-12-. The predicted octanol–water partition coefficient (Wildman–Crippen LogP) is 2.81. The van der Waals surface area contributed by atoms with Gasteiger partial charge in [0.2, 0.25) is 0 Å². The Morgan fingerprint density at radius 3 is 2.59 bits per heavy atom. The van der Waals surface area contributed by atoms with E-state index in [0.717, 1.165) is 11.3 Å². The summed E-state index contributed by atoms with van der Waals surface area (Å²) in [7, 11) is 0. The zero-order valence-electron chi connectivity index (χ0n) is 12.0. The Morgan fingerprint density at radius 1 is 1.23 bits per heavy atom. The Hall–Kier alpha value is -1.92. The second-order valence-electron chi connectivity index (χ2n) is 4.84.